The van der Waals surface area contributed by atoms with E-state index >= 15 is 0 Å². The second kappa shape index (κ2) is 43.2. The van der Waals surface area contributed by atoms with Gasteiger partial charge in [0.2, 0.25) is 0 Å². The first-order chi connectivity index (χ1) is 63.7. The summed E-state index contributed by atoms with van der Waals surface area (Å²) in [5.74, 6) is 0. The summed E-state index contributed by atoms with van der Waals surface area (Å²) in [4.78, 5) is 8.67. The van der Waals surface area contributed by atoms with Crippen LogP contribution in [0, 0.1) is 0 Å². The zero-order chi connectivity index (χ0) is 90.9. The first-order valence-electron chi connectivity index (χ1n) is 53.4. The van der Waals surface area contributed by atoms with Crippen LogP contribution in [0.1, 0.15) is 402 Å². The lowest BCUT2D eigenvalue weighted by molar-refractivity contribution is 0.181. The molecule has 11 aromatic rings. The molecule has 3 heteroatoms. The molecule has 0 heterocycles. The Morgan fingerprint density at radius 3 is 0.946 bits per heavy atom. The third-order valence-electron chi connectivity index (χ3n) is 34.1. The Kier molecular flexibility index (Phi) is 31.7. The molecule has 0 aliphatic heterocycles. The van der Waals surface area contributed by atoms with Crippen molar-refractivity contribution in [2.24, 2.45) is 0 Å². The summed E-state index contributed by atoms with van der Waals surface area (Å²) in [6.45, 7) is 34.8. The minimum atomic E-state index is -0.423. The number of unbranched alkanes of at least 4 members (excludes halogenated alkanes) is 18. The van der Waals surface area contributed by atoms with E-state index in [1.54, 1.807) is 33.4 Å². The lowest BCUT2D eigenvalue weighted by atomic mass is 9.57. The van der Waals surface area contributed by atoms with Gasteiger partial charge in [0.25, 0.3) is 0 Å². The molecule has 0 amide bonds. The molecule has 0 radical (unpaired) electrons. The van der Waals surface area contributed by atoms with Crippen molar-refractivity contribution in [3.63, 3.8) is 0 Å². The molecule has 0 atom stereocenters. The van der Waals surface area contributed by atoms with Crippen LogP contribution in [0.25, 0.3) is 44.5 Å². The SMILES string of the molecule is CCCCCCC1(CCCCCC)c2ccccc2-c2ccc(N(c3ccc4c(c3)C(CCCCCC)(CCCCCC)c3cc(C(CC)(CC)N(c5ccccc5)c5ccccc5)ccc3-4)C(CC)(CC)C(CC)(CC)c3ccc4c(c3)C(CCCCCC)(CCCCCC)c3cc(N(c5cccc(-c6ccc7c(c6)CC7)c5)C(CC)(CC)c5ccccc5)ccc3-4)cc21. The molecule has 686 valence electrons. The Hall–Kier alpha value is -9.18. The van der Waals surface area contributed by atoms with Gasteiger partial charge in [-0.1, -0.05) is 427 Å². The van der Waals surface area contributed by atoms with Gasteiger partial charge in [0.1, 0.15) is 0 Å². The van der Waals surface area contributed by atoms with Crippen LogP contribution < -0.4 is 14.7 Å². The Morgan fingerprint density at radius 1 is 0.215 bits per heavy atom. The van der Waals surface area contributed by atoms with E-state index in [-0.39, 0.29) is 32.7 Å². The second-order valence-corrected chi connectivity index (χ2v) is 40.4. The van der Waals surface area contributed by atoms with Gasteiger partial charge in [-0.15, -0.1) is 0 Å². The summed E-state index contributed by atoms with van der Waals surface area (Å²) >= 11 is 0. The number of aryl methyl sites for hydroxylation is 2. The average molecular weight is 1730 g/mol. The highest BCUT2D eigenvalue weighted by molar-refractivity contribution is 5.89. The lowest BCUT2D eigenvalue weighted by Crippen LogP contribution is -2.60. The van der Waals surface area contributed by atoms with Gasteiger partial charge in [-0.3, -0.25) is 0 Å². The molecule has 11 aromatic carbocycles. The predicted molar refractivity (Wildman–Crippen MR) is 566 cm³/mol. The number of anilines is 6. The number of rotatable bonds is 52. The number of benzene rings is 11. The maximum atomic E-state index is 3.12. The summed E-state index contributed by atoms with van der Waals surface area (Å²) < 4.78 is 0. The second-order valence-electron chi connectivity index (χ2n) is 40.4. The van der Waals surface area contributed by atoms with Crippen LogP contribution in [-0.4, -0.2) is 5.54 Å². The van der Waals surface area contributed by atoms with Gasteiger partial charge < -0.3 is 14.7 Å². The highest BCUT2D eigenvalue weighted by Gasteiger charge is 2.56. The van der Waals surface area contributed by atoms with E-state index in [2.05, 4.69) is 360 Å². The minimum absolute atomic E-state index is 0.0960. The molecule has 4 aliphatic carbocycles. The van der Waals surface area contributed by atoms with Crippen molar-refractivity contribution < 1.29 is 0 Å². The molecule has 0 N–H and O–H groups in total. The van der Waals surface area contributed by atoms with Crippen LogP contribution in [0.2, 0.25) is 0 Å². The van der Waals surface area contributed by atoms with Crippen molar-refractivity contribution in [2.75, 3.05) is 14.7 Å². The predicted octanol–water partition coefficient (Wildman–Crippen LogP) is 38.2. The molecule has 0 unspecified atom stereocenters. The van der Waals surface area contributed by atoms with Crippen molar-refractivity contribution in [1.29, 1.82) is 0 Å². The molecular weight excluding hydrogens is 1570 g/mol. The highest BCUT2D eigenvalue weighted by atomic mass is 15.2. The summed E-state index contributed by atoms with van der Waals surface area (Å²) in [7, 11) is 0. The van der Waals surface area contributed by atoms with Crippen molar-refractivity contribution in [2.45, 2.75) is 392 Å². The summed E-state index contributed by atoms with van der Waals surface area (Å²) in [6.07, 6.45) is 46.8. The Bertz CT molecular complexity index is 5390. The maximum Gasteiger partial charge on any atom is 0.0697 e. The first-order valence-corrected chi connectivity index (χ1v) is 53.4. The molecule has 0 saturated carbocycles. The van der Waals surface area contributed by atoms with E-state index in [1.165, 1.54) is 286 Å². The van der Waals surface area contributed by atoms with Crippen molar-refractivity contribution in [1.82, 2.24) is 0 Å². The van der Waals surface area contributed by atoms with E-state index in [1.807, 2.05) is 0 Å². The van der Waals surface area contributed by atoms with Gasteiger partial charge in [0.05, 0.1) is 16.6 Å². The van der Waals surface area contributed by atoms with Gasteiger partial charge in [0, 0.05) is 55.8 Å². The van der Waals surface area contributed by atoms with Gasteiger partial charge in [-0.05, 0) is 281 Å². The third-order valence-corrected chi connectivity index (χ3v) is 34.1. The number of para-hydroxylation sites is 2. The number of hydrogen-bond donors (Lipinski definition) is 0. The quantitative estimate of drug-likeness (QED) is 0.0352. The van der Waals surface area contributed by atoms with Gasteiger partial charge in [0.15, 0.2) is 0 Å². The van der Waals surface area contributed by atoms with Crippen molar-refractivity contribution in [3.05, 3.63) is 310 Å². The van der Waals surface area contributed by atoms with Crippen LogP contribution in [0.4, 0.5) is 34.1 Å². The van der Waals surface area contributed by atoms with Crippen LogP contribution >= 0.6 is 0 Å². The maximum absolute atomic E-state index is 3.12. The van der Waals surface area contributed by atoms with E-state index in [4.69, 9.17) is 0 Å². The Morgan fingerprint density at radius 2 is 0.546 bits per heavy atom. The summed E-state index contributed by atoms with van der Waals surface area (Å²) in [5.41, 5.74) is 34.1. The van der Waals surface area contributed by atoms with Crippen molar-refractivity contribution >= 4 is 34.1 Å². The molecule has 0 fully saturated rings. The van der Waals surface area contributed by atoms with E-state index in [0.717, 1.165) is 77.0 Å². The molecule has 3 nitrogen and oxygen atoms in total. The summed E-state index contributed by atoms with van der Waals surface area (Å²) in [5, 5.41) is 0. The molecule has 130 heavy (non-hydrogen) atoms. The smallest absolute Gasteiger partial charge is 0.0697 e. The molecule has 4 aliphatic rings. The zero-order valence-electron chi connectivity index (χ0n) is 83.3. The molecule has 15 rings (SSSR count). The lowest BCUT2D eigenvalue weighted by Gasteiger charge is -2.57. The fraction of sp³-hybridized carbons (Fsp3) is 0.480. The highest BCUT2D eigenvalue weighted by Crippen LogP contribution is 2.64. The topological polar surface area (TPSA) is 9.72 Å². The van der Waals surface area contributed by atoms with Crippen LogP contribution in [-0.2, 0) is 45.6 Å². The zero-order valence-corrected chi connectivity index (χ0v) is 83.3. The van der Waals surface area contributed by atoms with Crippen LogP contribution in [0.5, 0.6) is 0 Å². The molecule has 0 spiro atoms. The Labute approximate surface area is 790 Å². The van der Waals surface area contributed by atoms with Crippen molar-refractivity contribution in [3.8, 4) is 44.5 Å². The molecule has 0 aromatic heterocycles. The minimum Gasteiger partial charge on any atom is -0.334 e. The largest absolute Gasteiger partial charge is 0.334 e. The third kappa shape index (κ3) is 17.6. The monoisotopic (exact) mass is 1730 g/mol. The standard InChI is InChI=1S/C127H163N3/c1-15-29-35-52-83-121(84-53-36-30-16-2)115-68-51-50-67-109(115)112-81-76-107(94-118(112)121)130(108-77-82-114-111-79-74-102(92-117(111)123(120(114)95-108,87-56-39-33-19-5)88-57-40-34-20-6)126(25-11,26-12)128(103-62-46-42-47-63-103)104-64-48-43-49-65-104)127(27-13,28-14)124(21-7,22-8)101-73-78-110-113-80-75-106(93-119(113)122(116(110)91-101,85-54-37-31-17-3)86-55-38-32-18-4)129(125(23-9,24-10)100-60-44-41-45-61-100)105-66-58-59-97(90-105)99-72-70-96-69-71-98(96)89-99/h41-51,58-68,70,72-82,89-95H,15-40,52-57,69,71,83-88H2,1-14H3. The Balaban J connectivity index is 0.973. The van der Waals surface area contributed by atoms with E-state index in [0.29, 0.717) is 0 Å². The fourth-order valence-corrected chi connectivity index (χ4v) is 26.8. The van der Waals surface area contributed by atoms with E-state index < -0.39 is 5.54 Å². The van der Waals surface area contributed by atoms with Gasteiger partial charge >= 0.3 is 0 Å². The normalized spacial score (nSPS) is 14.3. The fourth-order valence-electron chi connectivity index (χ4n) is 26.8. The molecule has 0 saturated heterocycles. The number of nitrogens with zero attached hydrogens (tertiary/aromatic N) is 3. The van der Waals surface area contributed by atoms with Gasteiger partial charge in [-0.2, -0.15) is 0 Å². The average Bonchev–Trinajstić information content (AvgIpc) is 1.65. The number of fused-ring (bicyclic) bond motifs is 10. The summed E-state index contributed by atoms with van der Waals surface area (Å²) in [6, 6.07) is 102. The van der Waals surface area contributed by atoms with Gasteiger partial charge in [-0.25, -0.2) is 0 Å². The van der Waals surface area contributed by atoms with E-state index in [9.17, 15) is 0 Å². The van der Waals surface area contributed by atoms with Crippen LogP contribution in [0.3, 0.4) is 0 Å². The van der Waals surface area contributed by atoms with Crippen LogP contribution in [0.15, 0.2) is 249 Å². The molecule has 0 bridgehead atoms. The number of hydrogen-bond acceptors (Lipinski definition) is 3. The first kappa shape index (κ1) is 95.4. The molecular formula is C127H163N3.